The van der Waals surface area contributed by atoms with Crippen LogP contribution in [-0.2, 0) is 6.42 Å². The van der Waals surface area contributed by atoms with E-state index in [9.17, 15) is 0 Å². The topological polar surface area (TPSA) is 17.3 Å². The maximum absolute atomic E-state index is 4.34. The minimum atomic E-state index is 1.06. The highest BCUT2D eigenvalue weighted by atomic mass is 15.2. The summed E-state index contributed by atoms with van der Waals surface area (Å²) in [6, 6.07) is 6.34. The largest absolute Gasteiger partial charge is 0.240 e. The van der Waals surface area contributed by atoms with Crippen LogP contribution < -0.4 is 0 Å². The van der Waals surface area contributed by atoms with Crippen molar-refractivity contribution in [2.45, 2.75) is 20.3 Å². The highest BCUT2D eigenvalue weighted by molar-refractivity contribution is 5.47. The van der Waals surface area contributed by atoms with Crippen LogP contribution in [0.5, 0.6) is 0 Å². The number of aryl methyl sites for hydroxylation is 2. The van der Waals surface area contributed by atoms with Gasteiger partial charge in [0.25, 0.3) is 0 Å². The number of nitrogens with zero attached hydrogens (tertiary/aromatic N) is 2. The van der Waals surface area contributed by atoms with Crippen LogP contribution in [0.1, 0.15) is 18.2 Å². The fourth-order valence-electron chi connectivity index (χ4n) is 1.37. The molecule has 0 aliphatic heterocycles. The Morgan fingerprint density at radius 2 is 2.25 bits per heavy atom. The van der Waals surface area contributed by atoms with Crippen molar-refractivity contribution in [3.8, 4) is 0 Å². The second kappa shape index (κ2) is 2.63. The molecule has 0 saturated heterocycles. The van der Waals surface area contributed by atoms with Crippen molar-refractivity contribution < 1.29 is 0 Å². The van der Waals surface area contributed by atoms with Gasteiger partial charge in [-0.3, -0.25) is 0 Å². The summed E-state index contributed by atoms with van der Waals surface area (Å²) in [5, 5.41) is 4.34. The average molecular weight is 160 g/mol. The van der Waals surface area contributed by atoms with E-state index in [-0.39, 0.29) is 0 Å². The van der Waals surface area contributed by atoms with Crippen LogP contribution in [0.3, 0.4) is 0 Å². The summed E-state index contributed by atoms with van der Waals surface area (Å²) in [5.74, 6) is 0. The molecule has 0 N–H and O–H groups in total. The van der Waals surface area contributed by atoms with Crippen LogP contribution in [0.4, 0.5) is 0 Å². The van der Waals surface area contributed by atoms with Gasteiger partial charge in [0.1, 0.15) is 0 Å². The minimum Gasteiger partial charge on any atom is -0.240 e. The highest BCUT2D eigenvalue weighted by Crippen LogP contribution is 2.08. The molecule has 0 aromatic carbocycles. The maximum Gasteiger partial charge on any atom is 0.0664 e. The van der Waals surface area contributed by atoms with Crippen molar-refractivity contribution in [3.63, 3.8) is 0 Å². The quantitative estimate of drug-likeness (QED) is 0.625. The Hall–Kier alpha value is -1.31. The van der Waals surface area contributed by atoms with Crippen LogP contribution >= 0.6 is 0 Å². The lowest BCUT2D eigenvalue weighted by Gasteiger charge is -1.96. The summed E-state index contributed by atoms with van der Waals surface area (Å²) in [6.45, 7) is 4.16. The van der Waals surface area contributed by atoms with E-state index in [0.29, 0.717) is 0 Å². The second-order valence-corrected chi connectivity index (χ2v) is 3.05. The summed E-state index contributed by atoms with van der Waals surface area (Å²) in [4.78, 5) is 0. The Bertz CT molecular complexity index is 401. The van der Waals surface area contributed by atoms with Gasteiger partial charge >= 0.3 is 0 Å². The Kier molecular flexibility index (Phi) is 1.61. The standard InChI is InChI=1S/C10H12N2/c1-3-9-4-5-10-6-8(2)11-12(10)7-9/h4-7H,3H2,1-2H3. The molecule has 0 bridgehead atoms. The Balaban J connectivity index is 2.66. The fourth-order valence-corrected chi connectivity index (χ4v) is 1.37. The molecular weight excluding hydrogens is 148 g/mol. The van der Waals surface area contributed by atoms with E-state index < -0.39 is 0 Å². The van der Waals surface area contributed by atoms with Crippen LogP contribution in [0.2, 0.25) is 0 Å². The first-order chi connectivity index (χ1) is 5.79. The van der Waals surface area contributed by atoms with E-state index in [4.69, 9.17) is 0 Å². The lowest BCUT2D eigenvalue weighted by atomic mass is 10.2. The SMILES string of the molecule is CCc1ccc2cc(C)nn2c1. The van der Waals surface area contributed by atoms with Gasteiger partial charge in [-0.1, -0.05) is 13.0 Å². The molecule has 0 spiro atoms. The van der Waals surface area contributed by atoms with E-state index in [1.165, 1.54) is 11.1 Å². The third-order valence-corrected chi connectivity index (χ3v) is 2.05. The molecular formula is C10H12N2. The molecule has 62 valence electrons. The Labute approximate surface area is 71.8 Å². The number of hydrogen-bond acceptors (Lipinski definition) is 1. The van der Waals surface area contributed by atoms with E-state index in [1.807, 2.05) is 11.4 Å². The molecule has 2 heteroatoms. The molecule has 0 unspecified atom stereocenters. The molecule has 2 rings (SSSR count). The smallest absolute Gasteiger partial charge is 0.0664 e. The van der Waals surface area contributed by atoms with Gasteiger partial charge in [-0.2, -0.15) is 5.10 Å². The van der Waals surface area contributed by atoms with Gasteiger partial charge in [-0.15, -0.1) is 0 Å². The average Bonchev–Trinajstić information content (AvgIpc) is 2.43. The number of fused-ring (bicyclic) bond motifs is 1. The summed E-state index contributed by atoms with van der Waals surface area (Å²) in [6.07, 6.45) is 3.15. The first-order valence-electron chi connectivity index (χ1n) is 4.24. The van der Waals surface area contributed by atoms with Gasteiger partial charge in [0, 0.05) is 6.20 Å². The first kappa shape index (κ1) is 7.35. The zero-order valence-electron chi connectivity index (χ0n) is 7.41. The monoisotopic (exact) mass is 160 g/mol. The van der Waals surface area contributed by atoms with Crippen molar-refractivity contribution in [2.75, 3.05) is 0 Å². The zero-order valence-corrected chi connectivity index (χ0v) is 7.41. The molecule has 0 atom stereocenters. The lowest BCUT2D eigenvalue weighted by Crippen LogP contribution is -1.89. The molecule has 12 heavy (non-hydrogen) atoms. The van der Waals surface area contributed by atoms with Crippen LogP contribution in [0.15, 0.2) is 24.4 Å². The van der Waals surface area contributed by atoms with Gasteiger partial charge < -0.3 is 0 Å². The van der Waals surface area contributed by atoms with Crippen molar-refractivity contribution in [1.29, 1.82) is 0 Å². The van der Waals surface area contributed by atoms with Crippen molar-refractivity contribution in [2.24, 2.45) is 0 Å². The predicted molar refractivity (Wildman–Crippen MR) is 49.3 cm³/mol. The second-order valence-electron chi connectivity index (χ2n) is 3.05. The molecule has 0 radical (unpaired) electrons. The predicted octanol–water partition coefficient (Wildman–Crippen LogP) is 2.21. The molecule has 2 heterocycles. The van der Waals surface area contributed by atoms with Crippen molar-refractivity contribution >= 4 is 5.52 Å². The third kappa shape index (κ3) is 1.09. The van der Waals surface area contributed by atoms with Gasteiger partial charge in [0.15, 0.2) is 0 Å². The van der Waals surface area contributed by atoms with Crippen LogP contribution in [0, 0.1) is 6.92 Å². The normalized spacial score (nSPS) is 10.8. The number of hydrogen-bond donors (Lipinski definition) is 0. The summed E-state index contributed by atoms with van der Waals surface area (Å²) in [7, 11) is 0. The zero-order chi connectivity index (χ0) is 8.55. The van der Waals surface area contributed by atoms with Gasteiger partial charge in [0.2, 0.25) is 0 Å². The molecule has 0 aliphatic rings. The van der Waals surface area contributed by atoms with Gasteiger partial charge in [-0.25, -0.2) is 4.52 Å². The summed E-state index contributed by atoms with van der Waals surface area (Å²) >= 11 is 0. The molecule has 2 aromatic heterocycles. The molecule has 2 nitrogen and oxygen atoms in total. The highest BCUT2D eigenvalue weighted by Gasteiger charge is 1.96. The van der Waals surface area contributed by atoms with Gasteiger partial charge in [0.05, 0.1) is 11.2 Å². The maximum atomic E-state index is 4.34. The summed E-state index contributed by atoms with van der Waals surface area (Å²) < 4.78 is 1.94. The van der Waals surface area contributed by atoms with Crippen LogP contribution in [0.25, 0.3) is 5.52 Å². The lowest BCUT2D eigenvalue weighted by molar-refractivity contribution is 0.914. The van der Waals surface area contributed by atoms with Gasteiger partial charge in [-0.05, 0) is 31.0 Å². The van der Waals surface area contributed by atoms with Crippen molar-refractivity contribution in [3.05, 3.63) is 35.7 Å². The molecule has 2 aromatic rings. The van der Waals surface area contributed by atoms with Crippen molar-refractivity contribution in [1.82, 2.24) is 9.61 Å². The van der Waals surface area contributed by atoms with E-state index in [2.05, 4.69) is 36.4 Å². The van der Waals surface area contributed by atoms with E-state index in [1.54, 1.807) is 0 Å². The summed E-state index contributed by atoms with van der Waals surface area (Å²) in [5.41, 5.74) is 3.57. The number of rotatable bonds is 1. The number of aromatic nitrogens is 2. The fraction of sp³-hybridized carbons (Fsp3) is 0.300. The first-order valence-corrected chi connectivity index (χ1v) is 4.24. The minimum absolute atomic E-state index is 1.06. The Morgan fingerprint density at radius 1 is 1.42 bits per heavy atom. The molecule has 0 fully saturated rings. The molecule has 0 saturated carbocycles. The molecule has 0 aliphatic carbocycles. The number of pyridine rings is 1. The Morgan fingerprint density at radius 3 is 3.00 bits per heavy atom. The third-order valence-electron chi connectivity index (χ3n) is 2.05. The van der Waals surface area contributed by atoms with E-state index in [0.717, 1.165) is 12.1 Å². The molecule has 0 amide bonds. The van der Waals surface area contributed by atoms with E-state index >= 15 is 0 Å². The van der Waals surface area contributed by atoms with Crippen LogP contribution in [-0.4, -0.2) is 9.61 Å².